The highest BCUT2D eigenvalue weighted by molar-refractivity contribution is 5.85. The Kier molecular flexibility index (Phi) is 3.38. The topological polar surface area (TPSA) is 40.9 Å². The number of nitrogens with zero attached hydrogens (tertiary/aromatic N) is 1. The van der Waals surface area contributed by atoms with Gasteiger partial charge in [0.25, 0.3) is 0 Å². The molecule has 0 aliphatic heterocycles. The van der Waals surface area contributed by atoms with E-state index in [2.05, 4.69) is 0 Å². The maximum atomic E-state index is 13.3. The van der Waals surface area contributed by atoms with Crippen LogP contribution in [0.3, 0.4) is 0 Å². The van der Waals surface area contributed by atoms with E-state index in [1.165, 1.54) is 19.9 Å². The average molecular weight is 223 g/mol. The Hall–Kier alpha value is -1.76. The van der Waals surface area contributed by atoms with E-state index in [0.717, 1.165) is 12.1 Å². The molecule has 0 aromatic heterocycles. The van der Waals surface area contributed by atoms with E-state index in [1.54, 1.807) is 0 Å². The molecule has 1 rings (SSSR count). The summed E-state index contributed by atoms with van der Waals surface area (Å²) in [6.45, 7) is 2.72. The zero-order chi connectivity index (χ0) is 12.3. The van der Waals surface area contributed by atoms with Gasteiger partial charge < -0.3 is 0 Å². The van der Waals surface area contributed by atoms with Crippen LogP contribution >= 0.6 is 0 Å². The Morgan fingerprint density at radius 2 is 2.12 bits per heavy atom. The first kappa shape index (κ1) is 12.3. The summed E-state index contributed by atoms with van der Waals surface area (Å²) < 4.78 is 26.0. The number of carbonyl (C=O) groups is 1. The highest BCUT2D eigenvalue weighted by atomic mass is 19.1. The van der Waals surface area contributed by atoms with Gasteiger partial charge in [-0.1, -0.05) is 6.07 Å². The molecular weight excluding hydrogens is 212 g/mol. The van der Waals surface area contributed by atoms with Crippen LogP contribution in [0.5, 0.6) is 0 Å². The van der Waals surface area contributed by atoms with E-state index >= 15 is 0 Å². The molecule has 0 spiro atoms. The fraction of sp³-hybridized carbons (Fsp3) is 0.333. The molecule has 0 amide bonds. The summed E-state index contributed by atoms with van der Waals surface area (Å²) in [5.74, 6) is -1.75. The lowest BCUT2D eigenvalue weighted by Crippen LogP contribution is -2.26. The SMILES string of the molecule is CC(=O)C(C)(C#N)Cc1ccc(F)cc1F. The maximum Gasteiger partial charge on any atom is 0.150 e. The van der Waals surface area contributed by atoms with Gasteiger partial charge in [-0.05, 0) is 25.5 Å². The molecule has 2 nitrogen and oxygen atoms in total. The Bertz CT molecular complexity index is 465. The predicted molar refractivity (Wildman–Crippen MR) is 54.5 cm³/mol. The van der Waals surface area contributed by atoms with Crippen molar-refractivity contribution in [3.63, 3.8) is 0 Å². The molecular formula is C12H11F2NO. The van der Waals surface area contributed by atoms with E-state index in [0.29, 0.717) is 0 Å². The second-order valence-corrected chi connectivity index (χ2v) is 3.91. The number of ketones is 1. The van der Waals surface area contributed by atoms with Gasteiger partial charge in [0, 0.05) is 12.5 Å². The van der Waals surface area contributed by atoms with Crippen LogP contribution in [0.1, 0.15) is 19.4 Å². The Morgan fingerprint density at radius 1 is 1.50 bits per heavy atom. The zero-order valence-corrected chi connectivity index (χ0v) is 9.05. The van der Waals surface area contributed by atoms with Crippen LogP contribution in [0.2, 0.25) is 0 Å². The Labute approximate surface area is 92.5 Å². The number of carbonyl (C=O) groups excluding carboxylic acids is 1. The Morgan fingerprint density at radius 3 is 2.56 bits per heavy atom. The van der Waals surface area contributed by atoms with Crippen LogP contribution < -0.4 is 0 Å². The molecule has 0 saturated carbocycles. The average Bonchev–Trinajstić information content (AvgIpc) is 2.22. The van der Waals surface area contributed by atoms with Gasteiger partial charge in [0.15, 0.2) is 0 Å². The van der Waals surface area contributed by atoms with E-state index in [-0.39, 0.29) is 17.8 Å². The summed E-state index contributed by atoms with van der Waals surface area (Å²) in [6.07, 6.45) is -0.0506. The molecule has 0 radical (unpaired) electrons. The third kappa shape index (κ3) is 2.43. The Balaban J connectivity index is 3.05. The van der Waals surface area contributed by atoms with Crippen LogP contribution in [0.25, 0.3) is 0 Å². The van der Waals surface area contributed by atoms with Crippen molar-refractivity contribution in [3.05, 3.63) is 35.4 Å². The summed E-state index contributed by atoms with van der Waals surface area (Å²) in [6, 6.07) is 4.96. The number of hydrogen-bond donors (Lipinski definition) is 0. The molecule has 0 fully saturated rings. The summed E-state index contributed by atoms with van der Waals surface area (Å²) >= 11 is 0. The summed E-state index contributed by atoms with van der Waals surface area (Å²) in [5, 5.41) is 8.90. The number of hydrogen-bond acceptors (Lipinski definition) is 2. The predicted octanol–water partition coefficient (Wildman–Crippen LogP) is 2.63. The van der Waals surface area contributed by atoms with Crippen molar-refractivity contribution in [2.24, 2.45) is 5.41 Å². The van der Waals surface area contributed by atoms with Crippen molar-refractivity contribution < 1.29 is 13.6 Å². The van der Waals surface area contributed by atoms with Crippen molar-refractivity contribution >= 4 is 5.78 Å². The summed E-state index contributed by atoms with van der Waals surface area (Å²) in [4.78, 5) is 11.3. The minimum atomic E-state index is -1.27. The van der Waals surface area contributed by atoms with Crippen LogP contribution in [-0.4, -0.2) is 5.78 Å². The standard InChI is InChI=1S/C12H11F2NO/c1-8(16)12(2,7-15)6-9-3-4-10(13)5-11(9)14/h3-5H,6H2,1-2H3. The van der Waals surface area contributed by atoms with E-state index in [9.17, 15) is 13.6 Å². The van der Waals surface area contributed by atoms with Crippen LogP contribution in [-0.2, 0) is 11.2 Å². The van der Waals surface area contributed by atoms with Gasteiger partial charge in [-0.15, -0.1) is 0 Å². The third-order valence-electron chi connectivity index (χ3n) is 2.58. The summed E-state index contributed by atoms with van der Waals surface area (Å²) in [7, 11) is 0. The monoisotopic (exact) mass is 223 g/mol. The maximum absolute atomic E-state index is 13.3. The molecule has 1 aromatic carbocycles. The lowest BCUT2D eigenvalue weighted by molar-refractivity contribution is -0.123. The van der Waals surface area contributed by atoms with Gasteiger partial charge in [0.05, 0.1) is 6.07 Å². The number of Topliss-reactive ketones (excluding diaryl/α,β-unsaturated/α-hetero) is 1. The molecule has 0 N–H and O–H groups in total. The lowest BCUT2D eigenvalue weighted by atomic mass is 9.81. The van der Waals surface area contributed by atoms with Gasteiger partial charge in [-0.3, -0.25) is 4.79 Å². The van der Waals surface area contributed by atoms with Gasteiger partial charge in [-0.25, -0.2) is 8.78 Å². The first-order valence-electron chi connectivity index (χ1n) is 4.75. The zero-order valence-electron chi connectivity index (χ0n) is 9.05. The fourth-order valence-corrected chi connectivity index (χ4v) is 1.29. The van der Waals surface area contributed by atoms with Crippen molar-refractivity contribution in [3.8, 4) is 6.07 Å². The minimum absolute atomic E-state index is 0.0506. The molecule has 1 atom stereocenters. The van der Waals surface area contributed by atoms with Crippen molar-refractivity contribution in [1.82, 2.24) is 0 Å². The molecule has 0 aliphatic rings. The fourth-order valence-electron chi connectivity index (χ4n) is 1.29. The number of benzene rings is 1. The van der Waals surface area contributed by atoms with Crippen LogP contribution in [0.15, 0.2) is 18.2 Å². The molecule has 4 heteroatoms. The van der Waals surface area contributed by atoms with Gasteiger partial charge in [0.1, 0.15) is 22.8 Å². The number of rotatable bonds is 3. The molecule has 84 valence electrons. The largest absolute Gasteiger partial charge is 0.298 e. The second-order valence-electron chi connectivity index (χ2n) is 3.91. The van der Waals surface area contributed by atoms with Crippen LogP contribution in [0.4, 0.5) is 8.78 Å². The number of nitriles is 1. The summed E-state index contributed by atoms with van der Waals surface area (Å²) in [5.41, 5.74) is -1.10. The molecule has 0 bridgehead atoms. The number of halogens is 2. The molecule has 16 heavy (non-hydrogen) atoms. The highest BCUT2D eigenvalue weighted by Gasteiger charge is 2.31. The van der Waals surface area contributed by atoms with Gasteiger partial charge >= 0.3 is 0 Å². The van der Waals surface area contributed by atoms with E-state index in [4.69, 9.17) is 5.26 Å². The first-order valence-corrected chi connectivity index (χ1v) is 4.75. The van der Waals surface area contributed by atoms with Gasteiger partial charge in [0.2, 0.25) is 0 Å². The second kappa shape index (κ2) is 4.40. The lowest BCUT2D eigenvalue weighted by Gasteiger charge is -2.18. The molecule has 0 saturated heterocycles. The van der Waals surface area contributed by atoms with Crippen LogP contribution in [0, 0.1) is 28.4 Å². The molecule has 1 unspecified atom stereocenters. The third-order valence-corrected chi connectivity index (χ3v) is 2.58. The highest BCUT2D eigenvalue weighted by Crippen LogP contribution is 2.24. The van der Waals surface area contributed by atoms with E-state index in [1.807, 2.05) is 6.07 Å². The molecule has 1 aromatic rings. The van der Waals surface area contributed by atoms with Crippen molar-refractivity contribution in [1.29, 1.82) is 5.26 Å². The first-order chi connectivity index (χ1) is 7.39. The van der Waals surface area contributed by atoms with Crippen molar-refractivity contribution in [2.45, 2.75) is 20.3 Å². The van der Waals surface area contributed by atoms with E-state index < -0.39 is 17.0 Å². The normalized spacial score (nSPS) is 13.9. The minimum Gasteiger partial charge on any atom is -0.298 e. The molecule has 0 heterocycles. The van der Waals surface area contributed by atoms with Crippen molar-refractivity contribution in [2.75, 3.05) is 0 Å². The molecule has 0 aliphatic carbocycles. The quantitative estimate of drug-likeness (QED) is 0.790. The van der Waals surface area contributed by atoms with Gasteiger partial charge in [-0.2, -0.15) is 5.26 Å². The smallest absolute Gasteiger partial charge is 0.150 e.